The second kappa shape index (κ2) is 12.3. The van der Waals surface area contributed by atoms with Gasteiger partial charge in [-0.1, -0.05) is 12.1 Å². The zero-order chi connectivity index (χ0) is 28.0. The van der Waals surface area contributed by atoms with Crippen molar-refractivity contribution in [3.05, 3.63) is 59.7 Å². The number of rotatable bonds is 9. The van der Waals surface area contributed by atoms with Crippen LogP contribution in [0.2, 0.25) is 0 Å². The number of carbonyl (C=O) groups excluding carboxylic acids is 3. The third-order valence-electron chi connectivity index (χ3n) is 6.38. The minimum absolute atomic E-state index is 0.0557. The van der Waals surface area contributed by atoms with Gasteiger partial charge in [0, 0.05) is 51.4 Å². The lowest BCUT2D eigenvalue weighted by molar-refractivity contribution is -0.145. The highest BCUT2D eigenvalue weighted by atomic mass is 32.2. The third kappa shape index (κ3) is 7.01. The van der Waals surface area contributed by atoms with Crippen molar-refractivity contribution in [2.75, 3.05) is 59.1 Å². The van der Waals surface area contributed by atoms with Gasteiger partial charge in [-0.25, -0.2) is 13.2 Å². The molecule has 2 amide bonds. The highest BCUT2D eigenvalue weighted by Crippen LogP contribution is 2.19. The van der Waals surface area contributed by atoms with E-state index in [-0.39, 0.29) is 32.0 Å². The summed E-state index contributed by atoms with van der Waals surface area (Å²) in [5, 5.41) is 2.64. The number of ether oxygens (including phenoxy) is 2. The molecule has 206 valence electrons. The minimum Gasteiger partial charge on any atom is -0.497 e. The zero-order valence-electron chi connectivity index (χ0n) is 22.2. The molecule has 2 atom stereocenters. The summed E-state index contributed by atoms with van der Waals surface area (Å²) in [4.78, 5) is 42.5. The summed E-state index contributed by atoms with van der Waals surface area (Å²) in [7, 11) is 2.75. The molecule has 0 unspecified atom stereocenters. The summed E-state index contributed by atoms with van der Waals surface area (Å²) in [6.07, 6.45) is 1.13. The summed E-state index contributed by atoms with van der Waals surface area (Å²) in [5.41, 5.74) is 2.09. The third-order valence-corrected chi connectivity index (χ3v) is 7.67. The molecule has 0 bridgehead atoms. The Balaban J connectivity index is 1.81. The van der Waals surface area contributed by atoms with Crippen LogP contribution in [0, 0.1) is 0 Å². The van der Waals surface area contributed by atoms with Gasteiger partial charge in [-0.2, -0.15) is 4.31 Å². The summed E-state index contributed by atoms with van der Waals surface area (Å²) in [6, 6.07) is 11.7. The average Bonchev–Trinajstić information content (AvgIpc) is 2.91. The van der Waals surface area contributed by atoms with Gasteiger partial charge in [0.25, 0.3) is 5.91 Å². The van der Waals surface area contributed by atoms with E-state index in [1.54, 1.807) is 36.4 Å². The maximum Gasteiger partial charge on any atom is 0.328 e. The molecule has 12 heteroatoms. The van der Waals surface area contributed by atoms with Gasteiger partial charge in [-0.15, -0.1) is 0 Å². The molecule has 1 fully saturated rings. The Morgan fingerprint density at radius 3 is 2.18 bits per heavy atom. The monoisotopic (exact) mass is 546 g/mol. The Morgan fingerprint density at radius 1 is 1.03 bits per heavy atom. The van der Waals surface area contributed by atoms with Crippen LogP contribution in [0.5, 0.6) is 5.75 Å². The van der Waals surface area contributed by atoms with Gasteiger partial charge in [0.1, 0.15) is 17.8 Å². The molecule has 0 aliphatic carbocycles. The topological polar surface area (TPSA) is 126 Å². The fourth-order valence-corrected chi connectivity index (χ4v) is 5.28. The van der Waals surface area contributed by atoms with Gasteiger partial charge in [-0.3, -0.25) is 9.59 Å². The highest BCUT2D eigenvalue weighted by Gasteiger charge is 2.40. The van der Waals surface area contributed by atoms with Crippen molar-refractivity contribution in [3.8, 4) is 5.75 Å². The zero-order valence-corrected chi connectivity index (χ0v) is 23.0. The van der Waals surface area contributed by atoms with Crippen LogP contribution in [0.1, 0.15) is 15.9 Å². The summed E-state index contributed by atoms with van der Waals surface area (Å²) < 4.78 is 36.1. The van der Waals surface area contributed by atoms with Crippen LogP contribution in [0.4, 0.5) is 5.69 Å². The molecule has 3 rings (SSSR count). The molecule has 38 heavy (non-hydrogen) atoms. The number of sulfonamides is 1. The second-order valence-electron chi connectivity index (χ2n) is 9.22. The SMILES string of the molecule is COC(=O)[C@H](Cc1ccc(OC)cc1)NC(=O)[C@H]1CN(C(=O)c2ccc(N(C)C)cc2)CCN1S(C)(=O)=O. The molecular formula is C26H34N4O7S. The van der Waals surface area contributed by atoms with E-state index in [0.717, 1.165) is 21.8 Å². The summed E-state index contributed by atoms with van der Waals surface area (Å²) in [6.45, 7) is -0.0964. The van der Waals surface area contributed by atoms with Gasteiger partial charge in [-0.05, 0) is 42.0 Å². The second-order valence-corrected chi connectivity index (χ2v) is 11.2. The molecule has 1 N–H and O–H groups in total. The van der Waals surface area contributed by atoms with Gasteiger partial charge in [0.05, 0.1) is 20.5 Å². The van der Waals surface area contributed by atoms with Crippen LogP contribution in [-0.4, -0.2) is 102 Å². The molecule has 2 aromatic rings. The van der Waals surface area contributed by atoms with Crippen LogP contribution in [0.15, 0.2) is 48.5 Å². The number of hydrogen-bond acceptors (Lipinski definition) is 8. The van der Waals surface area contributed by atoms with Crippen molar-refractivity contribution < 1.29 is 32.3 Å². The van der Waals surface area contributed by atoms with E-state index in [1.807, 2.05) is 31.1 Å². The maximum atomic E-state index is 13.4. The first-order valence-corrected chi connectivity index (χ1v) is 13.8. The molecule has 0 radical (unpaired) electrons. The van der Waals surface area contributed by atoms with Crippen LogP contribution >= 0.6 is 0 Å². The predicted molar refractivity (Wildman–Crippen MR) is 143 cm³/mol. The number of hydrogen-bond donors (Lipinski definition) is 1. The van der Waals surface area contributed by atoms with Crippen LogP contribution in [0.25, 0.3) is 0 Å². The van der Waals surface area contributed by atoms with E-state index in [1.165, 1.54) is 19.1 Å². The van der Waals surface area contributed by atoms with E-state index < -0.39 is 34.0 Å². The molecule has 1 saturated heterocycles. The first-order chi connectivity index (χ1) is 17.9. The lowest BCUT2D eigenvalue weighted by Crippen LogP contribution is -2.62. The van der Waals surface area contributed by atoms with E-state index in [0.29, 0.717) is 11.3 Å². The molecule has 0 spiro atoms. The van der Waals surface area contributed by atoms with Crippen molar-refractivity contribution >= 4 is 33.5 Å². The largest absolute Gasteiger partial charge is 0.497 e. The number of nitrogens with one attached hydrogen (secondary N) is 1. The molecule has 2 aromatic carbocycles. The lowest BCUT2D eigenvalue weighted by atomic mass is 10.0. The number of carbonyl (C=O) groups is 3. The Bertz CT molecular complexity index is 1250. The van der Waals surface area contributed by atoms with Crippen molar-refractivity contribution in [2.24, 2.45) is 0 Å². The van der Waals surface area contributed by atoms with E-state index in [9.17, 15) is 22.8 Å². The molecule has 0 aromatic heterocycles. The fourth-order valence-electron chi connectivity index (χ4n) is 4.25. The van der Waals surface area contributed by atoms with Gasteiger partial charge < -0.3 is 24.6 Å². The number of amides is 2. The quantitative estimate of drug-likeness (QED) is 0.457. The lowest BCUT2D eigenvalue weighted by Gasteiger charge is -2.39. The average molecular weight is 547 g/mol. The first kappa shape index (κ1) is 28.9. The Kier molecular flexibility index (Phi) is 9.34. The molecule has 1 heterocycles. The van der Waals surface area contributed by atoms with E-state index in [2.05, 4.69) is 5.32 Å². The maximum absolute atomic E-state index is 13.4. The number of benzene rings is 2. The van der Waals surface area contributed by atoms with Crippen molar-refractivity contribution in [2.45, 2.75) is 18.5 Å². The molecule has 1 aliphatic heterocycles. The predicted octanol–water partition coefficient (Wildman–Crippen LogP) is 0.748. The highest BCUT2D eigenvalue weighted by molar-refractivity contribution is 7.88. The molecular weight excluding hydrogens is 512 g/mol. The number of esters is 1. The van der Waals surface area contributed by atoms with Gasteiger partial charge in [0.2, 0.25) is 15.9 Å². The van der Waals surface area contributed by atoms with Crippen LogP contribution in [-0.2, 0) is 30.8 Å². The number of nitrogens with zero attached hydrogens (tertiary/aromatic N) is 3. The molecule has 11 nitrogen and oxygen atoms in total. The standard InChI is InChI=1S/C26H34N4O7S/c1-28(2)20-10-8-19(9-11-20)25(32)29-14-15-30(38(5,34)35)23(17-29)24(31)27-22(26(33)37-4)16-18-6-12-21(36-3)13-7-18/h6-13,22-23H,14-17H2,1-5H3,(H,27,31)/t22-,23+/m0/s1. The van der Waals surface area contributed by atoms with E-state index in [4.69, 9.17) is 9.47 Å². The van der Waals surface area contributed by atoms with Crippen molar-refractivity contribution in [3.63, 3.8) is 0 Å². The number of anilines is 1. The number of piperazine rings is 1. The van der Waals surface area contributed by atoms with Crippen LogP contribution < -0.4 is 15.0 Å². The Morgan fingerprint density at radius 2 is 1.66 bits per heavy atom. The van der Waals surface area contributed by atoms with E-state index >= 15 is 0 Å². The Labute approximate surface area is 223 Å². The summed E-state index contributed by atoms with van der Waals surface area (Å²) >= 11 is 0. The smallest absolute Gasteiger partial charge is 0.328 e. The fraction of sp³-hybridized carbons (Fsp3) is 0.423. The van der Waals surface area contributed by atoms with Crippen molar-refractivity contribution in [1.29, 1.82) is 0 Å². The molecule has 0 saturated carbocycles. The van der Waals surface area contributed by atoms with Gasteiger partial charge in [0.15, 0.2) is 0 Å². The minimum atomic E-state index is -3.78. The summed E-state index contributed by atoms with van der Waals surface area (Å²) in [5.74, 6) is -1.05. The van der Waals surface area contributed by atoms with Crippen molar-refractivity contribution in [1.82, 2.24) is 14.5 Å². The van der Waals surface area contributed by atoms with Crippen LogP contribution in [0.3, 0.4) is 0 Å². The van der Waals surface area contributed by atoms with Gasteiger partial charge >= 0.3 is 5.97 Å². The molecule has 1 aliphatic rings. The first-order valence-electron chi connectivity index (χ1n) is 12.0. The number of methoxy groups -OCH3 is 2. The Hall–Kier alpha value is -3.64. The normalized spacial score (nSPS) is 16.9.